The third-order valence-electron chi connectivity index (χ3n) is 4.46. The highest BCUT2D eigenvalue weighted by atomic mass is 16.2. The van der Waals surface area contributed by atoms with Crippen LogP contribution in [0.2, 0.25) is 0 Å². The van der Waals surface area contributed by atoms with Crippen molar-refractivity contribution in [3.05, 3.63) is 42.2 Å². The lowest BCUT2D eigenvalue weighted by molar-refractivity contribution is 0.0746. The van der Waals surface area contributed by atoms with Gasteiger partial charge in [0.15, 0.2) is 0 Å². The van der Waals surface area contributed by atoms with Crippen LogP contribution < -0.4 is 4.90 Å². The van der Waals surface area contributed by atoms with Crippen molar-refractivity contribution in [1.29, 1.82) is 0 Å². The normalized spacial score (nSPS) is 14.9. The molecular weight excluding hydrogens is 318 g/mol. The molecule has 0 bridgehead atoms. The van der Waals surface area contributed by atoms with E-state index in [4.69, 9.17) is 0 Å². The molecule has 8 nitrogen and oxygen atoms in total. The molecule has 3 heterocycles. The lowest BCUT2D eigenvalue weighted by atomic mass is 10.1. The molecule has 0 aliphatic carbocycles. The Kier molecular flexibility index (Phi) is 4.01. The lowest BCUT2D eigenvalue weighted by Gasteiger charge is -2.34. The topological polar surface area (TPSA) is 80.0 Å². The standard InChI is InChI=1S/C17H19N7O/c1-2-24-15-5-4-13(12-14(15)20-21-24)16(25)22-8-10-23(11-9-22)17-18-6-3-7-19-17/h3-7,12H,2,8-11H2,1H3. The molecule has 0 atom stereocenters. The second-order valence-corrected chi connectivity index (χ2v) is 5.94. The fourth-order valence-electron chi connectivity index (χ4n) is 3.09. The molecular formula is C17H19N7O. The zero-order chi connectivity index (χ0) is 17.2. The van der Waals surface area contributed by atoms with E-state index in [1.807, 2.05) is 34.7 Å². The summed E-state index contributed by atoms with van der Waals surface area (Å²) in [6.45, 7) is 5.53. The molecule has 1 amide bonds. The monoisotopic (exact) mass is 337 g/mol. The Balaban J connectivity index is 1.47. The third kappa shape index (κ3) is 2.90. The molecule has 0 N–H and O–H groups in total. The van der Waals surface area contributed by atoms with Crippen LogP contribution >= 0.6 is 0 Å². The maximum absolute atomic E-state index is 12.8. The predicted molar refractivity (Wildman–Crippen MR) is 93.4 cm³/mol. The van der Waals surface area contributed by atoms with E-state index in [9.17, 15) is 4.79 Å². The number of hydrogen-bond acceptors (Lipinski definition) is 6. The number of nitrogens with zero attached hydrogens (tertiary/aromatic N) is 7. The molecule has 1 aliphatic heterocycles. The first-order valence-corrected chi connectivity index (χ1v) is 8.41. The molecule has 3 aromatic rings. The first-order valence-electron chi connectivity index (χ1n) is 8.41. The number of piperazine rings is 1. The van der Waals surface area contributed by atoms with Crippen molar-refractivity contribution in [1.82, 2.24) is 29.9 Å². The maximum atomic E-state index is 12.8. The SMILES string of the molecule is CCn1nnc2cc(C(=O)N3CCN(c4ncccn4)CC3)ccc21. The minimum Gasteiger partial charge on any atom is -0.337 e. The van der Waals surface area contributed by atoms with Crippen LogP contribution in [0.5, 0.6) is 0 Å². The number of hydrogen-bond donors (Lipinski definition) is 0. The summed E-state index contributed by atoms with van der Waals surface area (Å²) in [5.74, 6) is 0.744. The average molecular weight is 337 g/mol. The van der Waals surface area contributed by atoms with Crippen molar-refractivity contribution in [3.8, 4) is 0 Å². The van der Waals surface area contributed by atoms with Crippen LogP contribution in [0.3, 0.4) is 0 Å². The fraction of sp³-hybridized carbons (Fsp3) is 0.353. The van der Waals surface area contributed by atoms with Gasteiger partial charge in [0, 0.05) is 50.7 Å². The Morgan fingerprint density at radius 1 is 1.12 bits per heavy atom. The van der Waals surface area contributed by atoms with Gasteiger partial charge in [-0.2, -0.15) is 0 Å². The molecule has 8 heteroatoms. The first-order chi connectivity index (χ1) is 12.3. The Morgan fingerprint density at radius 2 is 1.88 bits per heavy atom. The van der Waals surface area contributed by atoms with E-state index in [-0.39, 0.29) is 5.91 Å². The zero-order valence-corrected chi connectivity index (χ0v) is 14.0. The number of carbonyl (C=O) groups is 1. The van der Waals surface area contributed by atoms with E-state index >= 15 is 0 Å². The van der Waals surface area contributed by atoms with Crippen molar-refractivity contribution >= 4 is 22.9 Å². The van der Waals surface area contributed by atoms with Crippen molar-refractivity contribution < 1.29 is 4.79 Å². The summed E-state index contributed by atoms with van der Waals surface area (Å²) in [7, 11) is 0. The van der Waals surface area contributed by atoms with E-state index in [2.05, 4.69) is 25.2 Å². The van der Waals surface area contributed by atoms with Crippen LogP contribution in [0.25, 0.3) is 11.0 Å². The summed E-state index contributed by atoms with van der Waals surface area (Å²) in [6.07, 6.45) is 3.47. The molecule has 1 fully saturated rings. The number of aryl methyl sites for hydroxylation is 1. The largest absolute Gasteiger partial charge is 0.337 e. The van der Waals surface area contributed by atoms with Gasteiger partial charge in [-0.15, -0.1) is 5.10 Å². The van der Waals surface area contributed by atoms with Crippen molar-refractivity contribution in [2.75, 3.05) is 31.1 Å². The van der Waals surface area contributed by atoms with Gasteiger partial charge >= 0.3 is 0 Å². The summed E-state index contributed by atoms with van der Waals surface area (Å²) in [5.41, 5.74) is 2.36. The molecule has 0 unspecified atom stereocenters. The molecule has 0 saturated carbocycles. The molecule has 25 heavy (non-hydrogen) atoms. The van der Waals surface area contributed by atoms with Gasteiger partial charge < -0.3 is 9.80 Å². The van der Waals surface area contributed by atoms with Crippen LogP contribution in [0.4, 0.5) is 5.95 Å². The molecule has 4 rings (SSSR count). The fourth-order valence-corrected chi connectivity index (χ4v) is 3.09. The summed E-state index contributed by atoms with van der Waals surface area (Å²) < 4.78 is 1.82. The van der Waals surface area contributed by atoms with Crippen LogP contribution in [0, 0.1) is 0 Å². The number of rotatable bonds is 3. The molecule has 2 aromatic heterocycles. The Bertz CT molecular complexity index is 884. The average Bonchev–Trinajstić information content (AvgIpc) is 3.10. The van der Waals surface area contributed by atoms with Gasteiger partial charge in [0.05, 0.1) is 5.52 Å². The van der Waals surface area contributed by atoms with Gasteiger partial charge in [-0.05, 0) is 31.2 Å². The van der Waals surface area contributed by atoms with Crippen molar-refractivity contribution in [3.63, 3.8) is 0 Å². The van der Waals surface area contributed by atoms with Crippen molar-refractivity contribution in [2.24, 2.45) is 0 Å². The van der Waals surface area contributed by atoms with Crippen LogP contribution in [0.1, 0.15) is 17.3 Å². The third-order valence-corrected chi connectivity index (χ3v) is 4.46. The number of amides is 1. The molecule has 1 aromatic carbocycles. The van der Waals surface area contributed by atoms with Crippen molar-refractivity contribution in [2.45, 2.75) is 13.5 Å². The van der Waals surface area contributed by atoms with E-state index in [0.29, 0.717) is 24.6 Å². The van der Waals surface area contributed by atoms with E-state index in [1.54, 1.807) is 18.5 Å². The Morgan fingerprint density at radius 3 is 2.60 bits per heavy atom. The number of anilines is 1. The number of carbonyl (C=O) groups excluding carboxylic acids is 1. The summed E-state index contributed by atoms with van der Waals surface area (Å²) in [6, 6.07) is 7.39. The smallest absolute Gasteiger partial charge is 0.254 e. The summed E-state index contributed by atoms with van der Waals surface area (Å²) >= 11 is 0. The van der Waals surface area contributed by atoms with E-state index < -0.39 is 0 Å². The van der Waals surface area contributed by atoms with Crippen LogP contribution in [-0.4, -0.2) is 61.9 Å². The molecule has 0 spiro atoms. The van der Waals surface area contributed by atoms with Gasteiger partial charge in [0.1, 0.15) is 5.52 Å². The Hall–Kier alpha value is -3.03. The van der Waals surface area contributed by atoms with Gasteiger partial charge in [0.25, 0.3) is 5.91 Å². The van der Waals surface area contributed by atoms with E-state index in [1.165, 1.54) is 0 Å². The van der Waals surface area contributed by atoms with Gasteiger partial charge in [0.2, 0.25) is 5.95 Å². The van der Waals surface area contributed by atoms with Gasteiger partial charge in [-0.25, -0.2) is 14.6 Å². The molecule has 1 aliphatic rings. The highest BCUT2D eigenvalue weighted by Crippen LogP contribution is 2.17. The molecule has 128 valence electrons. The van der Waals surface area contributed by atoms with Gasteiger partial charge in [-0.3, -0.25) is 4.79 Å². The minimum absolute atomic E-state index is 0.0292. The van der Waals surface area contributed by atoms with Gasteiger partial charge in [-0.1, -0.05) is 5.21 Å². The summed E-state index contributed by atoms with van der Waals surface area (Å²) in [4.78, 5) is 25.3. The number of aromatic nitrogens is 5. The van der Waals surface area contributed by atoms with Crippen LogP contribution in [-0.2, 0) is 6.54 Å². The molecule has 1 saturated heterocycles. The Labute approximate surface area is 145 Å². The second-order valence-electron chi connectivity index (χ2n) is 5.94. The zero-order valence-electron chi connectivity index (χ0n) is 14.0. The number of fused-ring (bicyclic) bond motifs is 1. The maximum Gasteiger partial charge on any atom is 0.254 e. The van der Waals surface area contributed by atoms with E-state index in [0.717, 1.165) is 30.7 Å². The first kappa shape index (κ1) is 15.5. The highest BCUT2D eigenvalue weighted by molar-refractivity contribution is 5.97. The number of benzene rings is 1. The quantitative estimate of drug-likeness (QED) is 0.714. The predicted octanol–water partition coefficient (Wildman–Crippen LogP) is 1.20. The minimum atomic E-state index is 0.0292. The van der Waals surface area contributed by atoms with Crippen LogP contribution in [0.15, 0.2) is 36.7 Å². The molecule has 0 radical (unpaired) electrons. The summed E-state index contributed by atoms with van der Waals surface area (Å²) in [5, 5.41) is 8.24. The lowest BCUT2D eigenvalue weighted by Crippen LogP contribution is -2.49. The highest BCUT2D eigenvalue weighted by Gasteiger charge is 2.23. The second kappa shape index (κ2) is 6.46.